The number of phenolic OH excluding ortho intramolecular Hbond substituents is 1. The number of anilines is 1. The van der Waals surface area contributed by atoms with Crippen LogP contribution in [0.2, 0.25) is 0 Å². The lowest BCUT2D eigenvalue weighted by molar-refractivity contribution is 0.0680. The van der Waals surface area contributed by atoms with E-state index in [4.69, 9.17) is 9.47 Å². The molecule has 1 heterocycles. The average molecular weight is 327 g/mol. The van der Waals surface area contributed by atoms with Crippen LogP contribution in [0.15, 0.2) is 42.5 Å². The van der Waals surface area contributed by atoms with Crippen molar-refractivity contribution in [3.05, 3.63) is 53.6 Å². The van der Waals surface area contributed by atoms with Crippen LogP contribution in [-0.2, 0) is 4.74 Å². The molecule has 1 saturated heterocycles. The Morgan fingerprint density at radius 2 is 2.21 bits per heavy atom. The molecule has 3 rings (SSSR count). The number of benzene rings is 2. The predicted molar refractivity (Wildman–Crippen MR) is 91.7 cm³/mol. The summed E-state index contributed by atoms with van der Waals surface area (Å²) in [5, 5.41) is 12.7. The number of hydrogen-bond donors (Lipinski definition) is 2. The minimum absolute atomic E-state index is 0.0294. The minimum atomic E-state index is -0.358. The molecular weight excluding hydrogens is 306 g/mol. The minimum Gasteiger partial charge on any atom is -0.507 e. The summed E-state index contributed by atoms with van der Waals surface area (Å²) < 4.78 is 11.3. The second-order valence-electron chi connectivity index (χ2n) is 5.95. The van der Waals surface area contributed by atoms with E-state index in [1.165, 1.54) is 0 Å². The lowest BCUT2D eigenvalue weighted by Gasteiger charge is -2.13. The van der Waals surface area contributed by atoms with Gasteiger partial charge in [-0.1, -0.05) is 12.1 Å². The maximum atomic E-state index is 12.3. The third-order valence-corrected chi connectivity index (χ3v) is 3.95. The fraction of sp³-hybridized carbons (Fsp3) is 0.316. The summed E-state index contributed by atoms with van der Waals surface area (Å²) in [5.41, 5.74) is 1.75. The number of hydrogen-bond acceptors (Lipinski definition) is 4. The highest BCUT2D eigenvalue weighted by Gasteiger charge is 2.16. The molecule has 2 N–H and O–H groups in total. The van der Waals surface area contributed by atoms with Crippen LogP contribution in [0.25, 0.3) is 0 Å². The van der Waals surface area contributed by atoms with Gasteiger partial charge in [-0.3, -0.25) is 4.79 Å². The zero-order chi connectivity index (χ0) is 16.9. The number of aryl methyl sites for hydroxylation is 1. The van der Waals surface area contributed by atoms with Crippen molar-refractivity contribution in [1.29, 1.82) is 0 Å². The van der Waals surface area contributed by atoms with Gasteiger partial charge in [0, 0.05) is 18.4 Å². The Labute approximate surface area is 141 Å². The fourth-order valence-corrected chi connectivity index (χ4v) is 2.66. The van der Waals surface area contributed by atoms with Crippen LogP contribution >= 0.6 is 0 Å². The van der Waals surface area contributed by atoms with Gasteiger partial charge in [0.2, 0.25) is 0 Å². The molecule has 1 fully saturated rings. The van der Waals surface area contributed by atoms with Gasteiger partial charge in [-0.25, -0.2) is 0 Å². The summed E-state index contributed by atoms with van der Waals surface area (Å²) in [5.74, 6) is 0.290. The van der Waals surface area contributed by atoms with Gasteiger partial charge >= 0.3 is 0 Å². The van der Waals surface area contributed by atoms with Crippen LogP contribution in [-0.4, -0.2) is 30.3 Å². The molecule has 0 aromatic heterocycles. The normalized spacial score (nSPS) is 16.8. The van der Waals surface area contributed by atoms with Gasteiger partial charge in [0.1, 0.15) is 18.1 Å². The molecule has 0 radical (unpaired) electrons. The standard InChI is InChI=1S/C19H21NO4/c1-13-7-8-17(18(21)10-13)19(22)20-14-4-2-5-15(11-14)24-12-16-6-3-9-23-16/h2,4-5,7-8,10-11,16,21H,3,6,9,12H2,1H3,(H,20,22). The number of amides is 1. The molecule has 1 aliphatic rings. The van der Waals surface area contributed by atoms with E-state index in [-0.39, 0.29) is 23.3 Å². The third-order valence-electron chi connectivity index (χ3n) is 3.95. The molecule has 126 valence electrons. The highest BCUT2D eigenvalue weighted by molar-refractivity contribution is 6.06. The Bertz CT molecular complexity index is 723. The maximum absolute atomic E-state index is 12.3. The van der Waals surface area contributed by atoms with Crippen molar-refractivity contribution < 1.29 is 19.4 Å². The molecular formula is C19H21NO4. The molecule has 1 amide bonds. The van der Waals surface area contributed by atoms with E-state index in [2.05, 4.69) is 5.32 Å². The van der Waals surface area contributed by atoms with E-state index in [0.29, 0.717) is 18.0 Å². The first kappa shape index (κ1) is 16.3. The Balaban J connectivity index is 1.64. The SMILES string of the molecule is Cc1ccc(C(=O)Nc2cccc(OCC3CCCO3)c2)c(O)c1. The first-order valence-corrected chi connectivity index (χ1v) is 8.07. The number of aromatic hydroxyl groups is 1. The molecule has 0 spiro atoms. The van der Waals surface area contributed by atoms with Gasteiger partial charge in [-0.2, -0.15) is 0 Å². The Morgan fingerprint density at radius 1 is 1.33 bits per heavy atom. The maximum Gasteiger partial charge on any atom is 0.259 e. The van der Waals surface area contributed by atoms with E-state index < -0.39 is 0 Å². The summed E-state index contributed by atoms with van der Waals surface area (Å²) in [6.45, 7) is 3.16. The molecule has 2 aromatic carbocycles. The highest BCUT2D eigenvalue weighted by Crippen LogP contribution is 2.23. The van der Waals surface area contributed by atoms with Crippen LogP contribution in [0.5, 0.6) is 11.5 Å². The fourth-order valence-electron chi connectivity index (χ4n) is 2.66. The molecule has 24 heavy (non-hydrogen) atoms. The smallest absolute Gasteiger partial charge is 0.259 e. The van der Waals surface area contributed by atoms with Gasteiger partial charge < -0.3 is 19.9 Å². The monoisotopic (exact) mass is 327 g/mol. The largest absolute Gasteiger partial charge is 0.507 e. The number of rotatable bonds is 5. The van der Waals surface area contributed by atoms with Crippen molar-refractivity contribution in [3.8, 4) is 11.5 Å². The topological polar surface area (TPSA) is 67.8 Å². The first-order valence-electron chi connectivity index (χ1n) is 8.07. The van der Waals surface area contributed by atoms with Crippen LogP contribution < -0.4 is 10.1 Å². The van der Waals surface area contributed by atoms with E-state index >= 15 is 0 Å². The Kier molecular flexibility index (Phi) is 5.01. The van der Waals surface area contributed by atoms with E-state index in [0.717, 1.165) is 25.0 Å². The lowest BCUT2D eigenvalue weighted by Crippen LogP contribution is -2.16. The zero-order valence-electron chi connectivity index (χ0n) is 13.6. The number of phenols is 1. The number of carbonyl (C=O) groups is 1. The molecule has 2 aromatic rings. The third kappa shape index (κ3) is 4.06. The van der Waals surface area contributed by atoms with Crippen molar-refractivity contribution in [2.75, 3.05) is 18.5 Å². The second kappa shape index (κ2) is 7.36. The van der Waals surface area contributed by atoms with E-state index in [1.54, 1.807) is 30.3 Å². The van der Waals surface area contributed by atoms with Crippen molar-refractivity contribution in [2.45, 2.75) is 25.9 Å². The van der Waals surface area contributed by atoms with Crippen LogP contribution in [0.1, 0.15) is 28.8 Å². The first-order chi connectivity index (χ1) is 11.6. The van der Waals surface area contributed by atoms with Gasteiger partial charge in [-0.15, -0.1) is 0 Å². The van der Waals surface area contributed by atoms with Crippen LogP contribution in [0.4, 0.5) is 5.69 Å². The highest BCUT2D eigenvalue weighted by atomic mass is 16.5. The van der Waals surface area contributed by atoms with Crippen molar-refractivity contribution in [2.24, 2.45) is 0 Å². The predicted octanol–water partition coefficient (Wildman–Crippen LogP) is 3.51. The van der Waals surface area contributed by atoms with Crippen molar-refractivity contribution in [3.63, 3.8) is 0 Å². The summed E-state index contributed by atoms with van der Waals surface area (Å²) in [6, 6.07) is 12.2. The van der Waals surface area contributed by atoms with Gasteiger partial charge in [-0.05, 0) is 49.6 Å². The Hall–Kier alpha value is -2.53. The number of nitrogens with one attached hydrogen (secondary N) is 1. The van der Waals surface area contributed by atoms with Crippen molar-refractivity contribution >= 4 is 11.6 Å². The Morgan fingerprint density at radius 3 is 2.96 bits per heavy atom. The van der Waals surface area contributed by atoms with E-state index in [1.807, 2.05) is 19.1 Å². The average Bonchev–Trinajstić information content (AvgIpc) is 3.06. The molecule has 1 atom stereocenters. The molecule has 0 saturated carbocycles. The summed E-state index contributed by atoms with van der Waals surface area (Å²) in [6.07, 6.45) is 2.24. The van der Waals surface area contributed by atoms with Gasteiger partial charge in [0.15, 0.2) is 0 Å². The quantitative estimate of drug-likeness (QED) is 0.882. The summed E-state index contributed by atoms with van der Waals surface area (Å²) >= 11 is 0. The molecule has 5 nitrogen and oxygen atoms in total. The lowest BCUT2D eigenvalue weighted by atomic mass is 10.1. The van der Waals surface area contributed by atoms with Gasteiger partial charge in [0.25, 0.3) is 5.91 Å². The number of carbonyl (C=O) groups excluding carboxylic acids is 1. The molecule has 5 heteroatoms. The summed E-state index contributed by atoms with van der Waals surface area (Å²) in [4.78, 5) is 12.3. The second-order valence-corrected chi connectivity index (χ2v) is 5.95. The van der Waals surface area contributed by atoms with E-state index in [9.17, 15) is 9.90 Å². The molecule has 1 aliphatic heterocycles. The zero-order valence-corrected chi connectivity index (χ0v) is 13.6. The molecule has 0 bridgehead atoms. The van der Waals surface area contributed by atoms with Crippen LogP contribution in [0, 0.1) is 6.92 Å². The van der Waals surface area contributed by atoms with Crippen LogP contribution in [0.3, 0.4) is 0 Å². The number of ether oxygens (including phenoxy) is 2. The summed E-state index contributed by atoms with van der Waals surface area (Å²) in [7, 11) is 0. The van der Waals surface area contributed by atoms with Gasteiger partial charge in [0.05, 0.1) is 11.7 Å². The molecule has 0 aliphatic carbocycles. The van der Waals surface area contributed by atoms with Crippen molar-refractivity contribution in [1.82, 2.24) is 0 Å². The molecule has 1 unspecified atom stereocenters.